The molecule has 2 saturated heterocycles. The van der Waals surface area contributed by atoms with E-state index in [1.807, 2.05) is 24.3 Å². The van der Waals surface area contributed by atoms with Gasteiger partial charge in [0.15, 0.2) is 0 Å². The summed E-state index contributed by atoms with van der Waals surface area (Å²) in [5, 5.41) is 13.5. The van der Waals surface area contributed by atoms with Crippen LogP contribution in [0.4, 0.5) is 14.9 Å². The SMILES string of the molecule is O=C(Nc1ccc(C2CN(C(=O)C3(O)CCOCC3)C2)cc1)N1Cc2ccc(F)cc2C1. The fourth-order valence-corrected chi connectivity index (χ4v) is 4.62. The van der Waals surface area contributed by atoms with E-state index in [-0.39, 0.29) is 23.7 Å². The largest absolute Gasteiger partial charge is 0.381 e. The summed E-state index contributed by atoms with van der Waals surface area (Å²) in [5.41, 5.74) is 2.29. The van der Waals surface area contributed by atoms with E-state index in [1.54, 1.807) is 15.9 Å². The highest BCUT2D eigenvalue weighted by molar-refractivity contribution is 5.89. The lowest BCUT2D eigenvalue weighted by Crippen LogP contribution is -2.58. The zero-order valence-corrected chi connectivity index (χ0v) is 17.7. The van der Waals surface area contributed by atoms with E-state index >= 15 is 0 Å². The van der Waals surface area contributed by atoms with E-state index in [1.165, 1.54) is 12.1 Å². The summed E-state index contributed by atoms with van der Waals surface area (Å²) in [6.45, 7) is 2.83. The molecular formula is C24H26FN3O4. The molecular weight excluding hydrogens is 413 g/mol. The molecule has 2 aromatic carbocycles. The molecule has 3 amide bonds. The number of carbonyl (C=O) groups excluding carboxylic acids is 2. The number of amides is 3. The number of aliphatic hydroxyl groups is 1. The highest BCUT2D eigenvalue weighted by atomic mass is 19.1. The molecule has 8 heteroatoms. The minimum absolute atomic E-state index is 0.201. The lowest BCUT2D eigenvalue weighted by atomic mass is 9.86. The van der Waals surface area contributed by atoms with Crippen molar-refractivity contribution in [1.82, 2.24) is 9.80 Å². The molecule has 0 bridgehead atoms. The number of hydrogen-bond donors (Lipinski definition) is 2. The van der Waals surface area contributed by atoms with Gasteiger partial charge in [-0.3, -0.25) is 4.79 Å². The zero-order chi connectivity index (χ0) is 22.3. The highest BCUT2D eigenvalue weighted by Crippen LogP contribution is 2.32. The number of rotatable bonds is 3. The molecule has 0 atom stereocenters. The second-order valence-corrected chi connectivity index (χ2v) is 8.87. The number of benzene rings is 2. The number of nitrogens with zero attached hydrogens (tertiary/aromatic N) is 2. The van der Waals surface area contributed by atoms with Gasteiger partial charge in [-0.05, 0) is 41.0 Å². The first-order chi connectivity index (χ1) is 15.4. The first-order valence-corrected chi connectivity index (χ1v) is 10.9. The van der Waals surface area contributed by atoms with Gasteiger partial charge >= 0.3 is 6.03 Å². The Balaban J connectivity index is 1.14. The molecule has 0 aromatic heterocycles. The van der Waals surface area contributed by atoms with E-state index < -0.39 is 5.60 Å². The van der Waals surface area contributed by atoms with Crippen molar-refractivity contribution in [3.8, 4) is 0 Å². The molecule has 0 aliphatic carbocycles. The highest BCUT2D eigenvalue weighted by Gasteiger charge is 2.44. The topological polar surface area (TPSA) is 82.1 Å². The van der Waals surface area contributed by atoms with Crippen LogP contribution in [-0.2, 0) is 22.6 Å². The minimum atomic E-state index is -1.29. The van der Waals surface area contributed by atoms with Gasteiger partial charge in [0, 0.05) is 63.8 Å². The van der Waals surface area contributed by atoms with Crippen LogP contribution in [0, 0.1) is 5.82 Å². The van der Waals surface area contributed by atoms with Crippen LogP contribution >= 0.6 is 0 Å². The molecule has 0 unspecified atom stereocenters. The predicted molar refractivity (Wildman–Crippen MR) is 115 cm³/mol. The van der Waals surface area contributed by atoms with Gasteiger partial charge in [0.25, 0.3) is 5.91 Å². The molecule has 5 rings (SSSR count). The summed E-state index contributed by atoms with van der Waals surface area (Å²) < 4.78 is 18.6. The molecule has 0 saturated carbocycles. The zero-order valence-electron chi connectivity index (χ0n) is 17.7. The quantitative estimate of drug-likeness (QED) is 0.771. The molecule has 3 aliphatic rings. The number of carbonyl (C=O) groups is 2. The predicted octanol–water partition coefficient (Wildman–Crippen LogP) is 2.84. The van der Waals surface area contributed by atoms with Gasteiger partial charge in [-0.1, -0.05) is 18.2 Å². The molecule has 3 heterocycles. The third-order valence-corrected chi connectivity index (χ3v) is 6.70. The minimum Gasteiger partial charge on any atom is -0.381 e. The van der Waals surface area contributed by atoms with Crippen LogP contribution in [0.3, 0.4) is 0 Å². The van der Waals surface area contributed by atoms with Crippen LogP contribution in [0.25, 0.3) is 0 Å². The molecule has 3 aliphatic heterocycles. The fraction of sp³-hybridized carbons (Fsp3) is 0.417. The van der Waals surface area contributed by atoms with Crippen molar-refractivity contribution in [2.45, 2.75) is 37.5 Å². The summed E-state index contributed by atoms with van der Waals surface area (Å²) in [6.07, 6.45) is 0.691. The van der Waals surface area contributed by atoms with Gasteiger partial charge < -0.3 is 25.0 Å². The second-order valence-electron chi connectivity index (χ2n) is 8.87. The molecule has 2 aromatic rings. The lowest BCUT2D eigenvalue weighted by Gasteiger charge is -2.44. The maximum Gasteiger partial charge on any atom is 0.322 e. The number of fused-ring (bicyclic) bond motifs is 1. The Bertz CT molecular complexity index is 1030. The van der Waals surface area contributed by atoms with Crippen molar-refractivity contribution < 1.29 is 23.8 Å². The summed E-state index contributed by atoms with van der Waals surface area (Å²) >= 11 is 0. The third-order valence-electron chi connectivity index (χ3n) is 6.70. The first kappa shape index (κ1) is 20.9. The molecule has 0 radical (unpaired) electrons. The summed E-state index contributed by atoms with van der Waals surface area (Å²) in [7, 11) is 0. The maximum atomic E-state index is 13.4. The Morgan fingerprint density at radius 3 is 2.41 bits per heavy atom. The van der Waals surface area contributed by atoms with Crippen molar-refractivity contribution in [3.05, 3.63) is 65.0 Å². The normalized spacial score (nSPS) is 19.9. The van der Waals surface area contributed by atoms with E-state index in [9.17, 15) is 19.1 Å². The van der Waals surface area contributed by atoms with Crippen molar-refractivity contribution >= 4 is 17.6 Å². The Morgan fingerprint density at radius 2 is 1.69 bits per heavy atom. The van der Waals surface area contributed by atoms with Crippen LogP contribution in [0.2, 0.25) is 0 Å². The summed E-state index contributed by atoms with van der Waals surface area (Å²) in [4.78, 5) is 28.6. The Hall–Kier alpha value is -2.97. The van der Waals surface area contributed by atoms with E-state index in [4.69, 9.17) is 4.74 Å². The molecule has 32 heavy (non-hydrogen) atoms. The monoisotopic (exact) mass is 439 g/mol. The van der Waals surface area contributed by atoms with Gasteiger partial charge in [-0.15, -0.1) is 0 Å². The average Bonchev–Trinajstić information content (AvgIpc) is 3.18. The van der Waals surface area contributed by atoms with E-state index in [0.29, 0.717) is 57.9 Å². The molecule has 168 valence electrons. The van der Waals surface area contributed by atoms with E-state index in [0.717, 1.165) is 16.7 Å². The number of nitrogens with one attached hydrogen (secondary N) is 1. The number of hydrogen-bond acceptors (Lipinski definition) is 4. The van der Waals surface area contributed by atoms with Crippen LogP contribution in [0.5, 0.6) is 0 Å². The lowest BCUT2D eigenvalue weighted by molar-refractivity contribution is -0.165. The summed E-state index contributed by atoms with van der Waals surface area (Å²) in [6, 6.07) is 12.0. The average molecular weight is 439 g/mol. The van der Waals surface area contributed by atoms with Gasteiger partial charge in [0.1, 0.15) is 11.4 Å². The van der Waals surface area contributed by atoms with E-state index in [2.05, 4.69) is 5.32 Å². The van der Waals surface area contributed by atoms with Gasteiger partial charge in [-0.2, -0.15) is 0 Å². The van der Waals surface area contributed by atoms with Gasteiger partial charge in [0.2, 0.25) is 0 Å². The molecule has 7 nitrogen and oxygen atoms in total. The number of halogens is 1. The van der Waals surface area contributed by atoms with Crippen LogP contribution in [0.1, 0.15) is 35.4 Å². The van der Waals surface area contributed by atoms with Crippen molar-refractivity contribution in [1.29, 1.82) is 0 Å². The molecule has 2 fully saturated rings. The molecule has 2 N–H and O–H groups in total. The number of likely N-dealkylation sites (tertiary alicyclic amines) is 1. The van der Waals surface area contributed by atoms with Crippen molar-refractivity contribution in [2.75, 3.05) is 31.6 Å². The smallest absolute Gasteiger partial charge is 0.322 e. The van der Waals surface area contributed by atoms with Gasteiger partial charge in [0.05, 0.1) is 0 Å². The maximum absolute atomic E-state index is 13.4. The third kappa shape index (κ3) is 3.96. The van der Waals surface area contributed by atoms with Gasteiger partial charge in [-0.25, -0.2) is 9.18 Å². The van der Waals surface area contributed by atoms with Crippen LogP contribution in [0.15, 0.2) is 42.5 Å². The fourth-order valence-electron chi connectivity index (χ4n) is 4.62. The van der Waals surface area contributed by atoms with Crippen LogP contribution < -0.4 is 5.32 Å². The number of ether oxygens (including phenoxy) is 1. The Kier molecular flexibility index (Phi) is 5.35. The Morgan fingerprint density at radius 1 is 1.00 bits per heavy atom. The van der Waals surface area contributed by atoms with Crippen LogP contribution in [-0.4, -0.2) is 58.7 Å². The first-order valence-electron chi connectivity index (χ1n) is 10.9. The Labute approximate surface area is 185 Å². The molecule has 0 spiro atoms. The standard InChI is InChI=1S/C24H26FN3O4/c25-20-4-1-17-12-28(13-18(17)11-20)23(30)26-21-5-2-16(3-6-21)19-14-27(15-19)22(29)24(31)7-9-32-10-8-24/h1-6,11,19,31H,7-10,12-15H2,(H,26,30). The van der Waals surface area contributed by atoms with Crippen molar-refractivity contribution in [3.63, 3.8) is 0 Å². The number of anilines is 1. The van der Waals surface area contributed by atoms with Crippen molar-refractivity contribution in [2.24, 2.45) is 0 Å². The number of urea groups is 1. The summed E-state index contributed by atoms with van der Waals surface area (Å²) in [5.74, 6) is -0.276. The second kappa shape index (κ2) is 8.18.